The van der Waals surface area contributed by atoms with E-state index in [4.69, 9.17) is 18.9 Å². The maximum absolute atomic E-state index is 13.2. The summed E-state index contributed by atoms with van der Waals surface area (Å²) in [5.41, 5.74) is 0.979. The number of benzene rings is 2. The van der Waals surface area contributed by atoms with Crippen LogP contribution >= 0.6 is 11.3 Å². The Kier molecular flexibility index (Phi) is 8.63. The van der Waals surface area contributed by atoms with Crippen molar-refractivity contribution in [2.75, 3.05) is 25.5 Å². The van der Waals surface area contributed by atoms with Gasteiger partial charge in [-0.1, -0.05) is 17.4 Å². The number of hydrogen-bond acceptors (Lipinski definition) is 10. The number of aromatic nitrogens is 2. The summed E-state index contributed by atoms with van der Waals surface area (Å²) in [5.74, 6) is 0.610. The minimum Gasteiger partial charge on any atom is -0.491 e. The molecule has 2 amide bonds. The van der Waals surface area contributed by atoms with Crippen molar-refractivity contribution < 1.29 is 33.3 Å². The van der Waals surface area contributed by atoms with E-state index in [-0.39, 0.29) is 17.6 Å². The van der Waals surface area contributed by atoms with E-state index in [2.05, 4.69) is 15.3 Å². The van der Waals surface area contributed by atoms with Gasteiger partial charge in [0.1, 0.15) is 28.7 Å². The second-order valence-electron chi connectivity index (χ2n) is 9.55. The van der Waals surface area contributed by atoms with Crippen LogP contribution in [0.25, 0.3) is 0 Å². The lowest BCUT2D eigenvalue weighted by Crippen LogP contribution is -2.42. The molecule has 0 radical (unpaired) electrons. The van der Waals surface area contributed by atoms with Gasteiger partial charge in [0.15, 0.2) is 5.13 Å². The van der Waals surface area contributed by atoms with Gasteiger partial charge in [0, 0.05) is 24.7 Å². The Morgan fingerprint density at radius 1 is 0.881 bits per heavy atom. The largest absolute Gasteiger partial charge is 0.491 e. The van der Waals surface area contributed by atoms with Crippen LogP contribution in [-0.2, 0) is 4.74 Å². The number of pyridine rings is 1. The van der Waals surface area contributed by atoms with Gasteiger partial charge in [0.05, 0.1) is 31.2 Å². The van der Waals surface area contributed by atoms with Crippen molar-refractivity contribution in [3.63, 3.8) is 0 Å². The summed E-state index contributed by atoms with van der Waals surface area (Å²) in [5, 5.41) is 3.49. The highest BCUT2D eigenvalue weighted by Crippen LogP contribution is 2.32. The third kappa shape index (κ3) is 7.02. The predicted octanol–water partition coefficient (Wildman–Crippen LogP) is 5.79. The summed E-state index contributed by atoms with van der Waals surface area (Å²) in [6.07, 6.45) is 3.81. The van der Waals surface area contributed by atoms with Gasteiger partial charge in [-0.3, -0.25) is 14.9 Å². The number of nitrogens with zero attached hydrogens (tertiary/aromatic N) is 3. The van der Waals surface area contributed by atoms with Crippen LogP contribution in [-0.4, -0.2) is 59.0 Å². The Morgan fingerprint density at radius 3 is 2.36 bits per heavy atom. The number of methoxy groups -OCH3 is 1. The normalized spacial score (nSPS) is 12.3. The van der Waals surface area contributed by atoms with Crippen LogP contribution in [0.5, 0.6) is 28.1 Å². The van der Waals surface area contributed by atoms with E-state index in [9.17, 15) is 14.4 Å². The number of likely N-dealkylation sites (tertiary alicyclic amines) is 1. The number of rotatable bonds is 10. The lowest BCUT2D eigenvalue weighted by Gasteiger charge is -2.30. The first-order valence-electron chi connectivity index (χ1n) is 13.2. The summed E-state index contributed by atoms with van der Waals surface area (Å²) < 4.78 is 22.4. The molecule has 1 N–H and O–H groups in total. The SMILES string of the molecule is COC(=O)c1cccc(Oc2cnc(NC(=O)c3cc(Oc4ccc(C(=O)N5CCC5)nc4)cc(OC(C)C)c3)s2)c1. The van der Waals surface area contributed by atoms with E-state index in [1.807, 2.05) is 13.8 Å². The number of anilines is 1. The molecule has 0 atom stereocenters. The molecule has 42 heavy (non-hydrogen) atoms. The van der Waals surface area contributed by atoms with Crippen LogP contribution in [0.3, 0.4) is 0 Å². The molecule has 0 spiro atoms. The average Bonchev–Trinajstić information content (AvgIpc) is 3.38. The van der Waals surface area contributed by atoms with E-state index in [1.54, 1.807) is 59.5 Å². The molecule has 3 heterocycles. The Morgan fingerprint density at radius 2 is 1.67 bits per heavy atom. The zero-order valence-corrected chi connectivity index (χ0v) is 24.0. The molecule has 216 valence electrons. The molecule has 5 rings (SSSR count). The van der Waals surface area contributed by atoms with Crippen molar-refractivity contribution in [1.82, 2.24) is 14.9 Å². The number of carbonyl (C=O) groups is 3. The predicted molar refractivity (Wildman–Crippen MR) is 155 cm³/mol. The molecule has 0 unspecified atom stereocenters. The fraction of sp³-hybridized carbons (Fsp3) is 0.233. The third-order valence-corrected chi connectivity index (χ3v) is 6.82. The monoisotopic (exact) mass is 588 g/mol. The summed E-state index contributed by atoms with van der Waals surface area (Å²) >= 11 is 1.12. The van der Waals surface area contributed by atoms with Gasteiger partial charge in [-0.25, -0.2) is 14.8 Å². The molecule has 1 fully saturated rings. The average molecular weight is 589 g/mol. The number of nitrogens with one attached hydrogen (secondary N) is 1. The van der Waals surface area contributed by atoms with Crippen molar-refractivity contribution in [3.8, 4) is 28.1 Å². The molecule has 0 aliphatic carbocycles. The molecular weight excluding hydrogens is 560 g/mol. The van der Waals surface area contributed by atoms with Gasteiger partial charge in [-0.15, -0.1) is 0 Å². The molecule has 1 aliphatic rings. The molecule has 0 bridgehead atoms. The first-order chi connectivity index (χ1) is 20.3. The minimum absolute atomic E-state index is 0.107. The Balaban J connectivity index is 1.28. The highest BCUT2D eigenvalue weighted by atomic mass is 32.1. The van der Waals surface area contributed by atoms with Crippen molar-refractivity contribution in [2.45, 2.75) is 26.4 Å². The van der Waals surface area contributed by atoms with Crippen molar-refractivity contribution >= 4 is 34.3 Å². The lowest BCUT2D eigenvalue weighted by molar-refractivity contribution is 0.0599. The van der Waals surface area contributed by atoms with Crippen LogP contribution in [0.4, 0.5) is 5.13 Å². The third-order valence-electron chi connectivity index (χ3n) is 6.03. The maximum atomic E-state index is 13.2. The van der Waals surface area contributed by atoms with E-state index < -0.39 is 11.9 Å². The van der Waals surface area contributed by atoms with Crippen molar-refractivity contribution in [2.24, 2.45) is 0 Å². The van der Waals surface area contributed by atoms with Crippen LogP contribution in [0, 0.1) is 0 Å². The Hall–Kier alpha value is -4.97. The first-order valence-corrected chi connectivity index (χ1v) is 14.0. The van der Waals surface area contributed by atoms with Gasteiger partial charge in [-0.05, 0) is 62.7 Å². The number of amides is 2. The van der Waals surface area contributed by atoms with Crippen LogP contribution in [0.1, 0.15) is 51.5 Å². The van der Waals surface area contributed by atoms with Gasteiger partial charge >= 0.3 is 5.97 Å². The maximum Gasteiger partial charge on any atom is 0.337 e. The van der Waals surface area contributed by atoms with E-state index in [0.29, 0.717) is 44.5 Å². The second kappa shape index (κ2) is 12.7. The topological polar surface area (TPSA) is 129 Å². The summed E-state index contributed by atoms with van der Waals surface area (Å²) in [4.78, 5) is 47.6. The van der Waals surface area contributed by atoms with E-state index in [0.717, 1.165) is 30.8 Å². The van der Waals surface area contributed by atoms with Crippen molar-refractivity contribution in [1.29, 1.82) is 0 Å². The summed E-state index contributed by atoms with van der Waals surface area (Å²) in [7, 11) is 1.31. The van der Waals surface area contributed by atoms with Crippen LogP contribution in [0.2, 0.25) is 0 Å². The molecule has 1 saturated heterocycles. The standard InChI is InChI=1S/C30H28N4O7S/c1-18(2)39-23-13-20(14-24(15-23)40-22-8-9-25(31-16-22)28(36)34-10-5-11-34)27(35)33-30-32-17-26(42-30)41-21-7-4-6-19(12-21)29(37)38-3/h4,6-9,12-18H,5,10-11H2,1-3H3,(H,32,33,35). The van der Waals surface area contributed by atoms with Gasteiger partial charge < -0.3 is 23.8 Å². The molecule has 4 aromatic rings. The molecule has 2 aromatic carbocycles. The molecule has 0 saturated carbocycles. The fourth-order valence-electron chi connectivity index (χ4n) is 3.94. The second-order valence-corrected chi connectivity index (χ2v) is 10.5. The smallest absolute Gasteiger partial charge is 0.337 e. The van der Waals surface area contributed by atoms with Gasteiger partial charge in [-0.2, -0.15) is 0 Å². The molecule has 1 aliphatic heterocycles. The first kappa shape index (κ1) is 28.6. The molecular formula is C30H28N4O7S. The van der Waals surface area contributed by atoms with E-state index >= 15 is 0 Å². The van der Waals surface area contributed by atoms with Crippen LogP contribution in [0.15, 0.2) is 67.0 Å². The number of hydrogen-bond donors (Lipinski definition) is 1. The molecule has 2 aromatic heterocycles. The summed E-state index contributed by atoms with van der Waals surface area (Å²) in [6, 6.07) is 14.7. The Bertz CT molecular complexity index is 1600. The number of carbonyl (C=O) groups excluding carboxylic acids is 3. The zero-order chi connectivity index (χ0) is 29.6. The van der Waals surface area contributed by atoms with E-state index in [1.165, 1.54) is 19.5 Å². The summed E-state index contributed by atoms with van der Waals surface area (Å²) in [6.45, 7) is 5.24. The number of thiazole rings is 1. The highest BCUT2D eigenvalue weighted by molar-refractivity contribution is 7.17. The molecule has 11 nitrogen and oxygen atoms in total. The minimum atomic E-state index is -0.477. The van der Waals surface area contributed by atoms with Crippen molar-refractivity contribution in [3.05, 3.63) is 83.8 Å². The number of ether oxygens (including phenoxy) is 4. The zero-order valence-electron chi connectivity index (χ0n) is 23.2. The Labute approximate surface area is 246 Å². The fourth-order valence-corrected chi connectivity index (χ4v) is 4.62. The van der Waals surface area contributed by atoms with Gasteiger partial charge in [0.25, 0.3) is 11.8 Å². The molecule has 12 heteroatoms. The quantitative estimate of drug-likeness (QED) is 0.229. The lowest BCUT2D eigenvalue weighted by atomic mass is 10.2. The highest BCUT2D eigenvalue weighted by Gasteiger charge is 2.22. The van der Waals surface area contributed by atoms with Gasteiger partial charge in [0.2, 0.25) is 5.06 Å². The van der Waals surface area contributed by atoms with Crippen LogP contribution < -0.4 is 19.5 Å². The number of esters is 1.